The lowest BCUT2D eigenvalue weighted by atomic mass is 10.1. The number of nitrogens with one attached hydrogen (secondary N) is 1. The highest BCUT2D eigenvalue weighted by atomic mass is 35.5. The summed E-state index contributed by atoms with van der Waals surface area (Å²) in [5.74, 6) is -0.632. The molecular weight excluding hydrogens is 315 g/mol. The smallest absolute Gasteiger partial charge is 0.228 e. The van der Waals surface area contributed by atoms with Gasteiger partial charge in [0.25, 0.3) is 0 Å². The van der Waals surface area contributed by atoms with E-state index in [2.05, 4.69) is 5.32 Å². The molecule has 5 nitrogen and oxygen atoms in total. The Morgan fingerprint density at radius 3 is 2.71 bits per heavy atom. The molecule has 7 heteroatoms. The maximum atomic E-state index is 12.4. The Hall–Kier alpha value is -1.30. The third-order valence-corrected chi connectivity index (χ3v) is 4.10. The van der Waals surface area contributed by atoms with Crippen molar-refractivity contribution in [2.45, 2.75) is 13.0 Å². The molecule has 1 aromatic carbocycles. The predicted molar refractivity (Wildman–Crippen MR) is 80.1 cm³/mol. The molecule has 1 unspecified atom stereocenters. The molecular formula is C14H16Cl2N2O3. The topological polar surface area (TPSA) is 69.6 Å². The number of carbonyl (C=O) groups is 2. The first kappa shape index (κ1) is 16.1. The molecule has 0 radical (unpaired) electrons. The van der Waals surface area contributed by atoms with E-state index in [0.29, 0.717) is 23.1 Å². The van der Waals surface area contributed by atoms with Crippen LogP contribution in [0.1, 0.15) is 12.0 Å². The summed E-state index contributed by atoms with van der Waals surface area (Å²) >= 11 is 11.8. The van der Waals surface area contributed by atoms with E-state index in [0.717, 1.165) is 5.56 Å². The molecule has 2 N–H and O–H groups in total. The highest BCUT2D eigenvalue weighted by Crippen LogP contribution is 2.24. The quantitative estimate of drug-likeness (QED) is 0.858. The van der Waals surface area contributed by atoms with Crippen LogP contribution in [0.25, 0.3) is 0 Å². The van der Waals surface area contributed by atoms with Crippen LogP contribution in [0.15, 0.2) is 18.2 Å². The van der Waals surface area contributed by atoms with Gasteiger partial charge in [0.2, 0.25) is 11.8 Å². The maximum Gasteiger partial charge on any atom is 0.228 e. The zero-order chi connectivity index (χ0) is 15.4. The first-order valence-electron chi connectivity index (χ1n) is 6.61. The number of hydrogen-bond donors (Lipinski definition) is 2. The Balaban J connectivity index is 2.09. The number of hydrogen-bond acceptors (Lipinski definition) is 3. The minimum Gasteiger partial charge on any atom is -0.395 e. The summed E-state index contributed by atoms with van der Waals surface area (Å²) in [5.41, 5.74) is 0.823. The molecule has 0 bridgehead atoms. The van der Waals surface area contributed by atoms with Crippen molar-refractivity contribution < 1.29 is 14.7 Å². The van der Waals surface area contributed by atoms with Crippen molar-refractivity contribution >= 4 is 35.0 Å². The number of rotatable bonds is 5. The Morgan fingerprint density at radius 2 is 2.14 bits per heavy atom. The highest BCUT2D eigenvalue weighted by molar-refractivity contribution is 6.42. The average molecular weight is 331 g/mol. The lowest BCUT2D eigenvalue weighted by Crippen LogP contribution is -2.38. The van der Waals surface area contributed by atoms with Gasteiger partial charge in [-0.3, -0.25) is 9.59 Å². The molecule has 1 aliphatic heterocycles. The standard InChI is InChI=1S/C14H16Cl2N2O3/c15-11-2-1-9(5-12(11)16)8-18(3-4-19)14(21)10-6-13(20)17-7-10/h1-2,5,10,19H,3-4,6-8H2,(H,17,20). The fourth-order valence-electron chi connectivity index (χ4n) is 2.28. The van der Waals surface area contributed by atoms with E-state index in [4.69, 9.17) is 28.3 Å². The van der Waals surface area contributed by atoms with Crippen molar-refractivity contribution in [3.8, 4) is 0 Å². The van der Waals surface area contributed by atoms with Gasteiger partial charge in [-0.15, -0.1) is 0 Å². The Morgan fingerprint density at radius 1 is 1.38 bits per heavy atom. The third-order valence-electron chi connectivity index (χ3n) is 3.37. The van der Waals surface area contributed by atoms with Crippen LogP contribution in [0.2, 0.25) is 10.0 Å². The van der Waals surface area contributed by atoms with Gasteiger partial charge in [0.1, 0.15) is 0 Å². The van der Waals surface area contributed by atoms with Crippen LogP contribution in [-0.2, 0) is 16.1 Å². The molecule has 1 aromatic rings. The molecule has 1 heterocycles. The fourth-order valence-corrected chi connectivity index (χ4v) is 2.60. The van der Waals surface area contributed by atoms with Crippen molar-refractivity contribution in [1.82, 2.24) is 10.2 Å². The van der Waals surface area contributed by atoms with E-state index in [1.807, 2.05) is 0 Å². The van der Waals surface area contributed by atoms with E-state index in [1.165, 1.54) is 4.90 Å². The summed E-state index contributed by atoms with van der Waals surface area (Å²) < 4.78 is 0. The second kappa shape index (κ2) is 7.11. The Kier molecular flexibility index (Phi) is 5.45. The molecule has 1 atom stereocenters. The molecule has 1 saturated heterocycles. The van der Waals surface area contributed by atoms with Gasteiger partial charge in [-0.05, 0) is 17.7 Å². The number of aliphatic hydroxyl groups excluding tert-OH is 1. The third kappa shape index (κ3) is 4.09. The summed E-state index contributed by atoms with van der Waals surface area (Å²) in [6.45, 7) is 0.743. The summed E-state index contributed by atoms with van der Waals surface area (Å²) in [6, 6.07) is 5.14. The van der Waals surface area contributed by atoms with E-state index in [-0.39, 0.29) is 37.3 Å². The number of aliphatic hydroxyl groups is 1. The minimum atomic E-state index is -0.369. The first-order chi connectivity index (χ1) is 10.0. The Labute approximate surface area is 132 Å². The van der Waals surface area contributed by atoms with Gasteiger partial charge >= 0.3 is 0 Å². The van der Waals surface area contributed by atoms with E-state index < -0.39 is 0 Å². The van der Waals surface area contributed by atoms with Gasteiger partial charge in [-0.1, -0.05) is 29.3 Å². The van der Waals surface area contributed by atoms with Crippen LogP contribution in [0, 0.1) is 5.92 Å². The van der Waals surface area contributed by atoms with Crippen LogP contribution in [0.4, 0.5) is 0 Å². The van der Waals surface area contributed by atoms with Gasteiger partial charge < -0.3 is 15.3 Å². The monoisotopic (exact) mass is 330 g/mol. The molecule has 114 valence electrons. The van der Waals surface area contributed by atoms with Gasteiger partial charge in [-0.2, -0.15) is 0 Å². The molecule has 0 aromatic heterocycles. The van der Waals surface area contributed by atoms with Gasteiger partial charge in [0.05, 0.1) is 22.6 Å². The number of benzene rings is 1. The summed E-state index contributed by atoms with van der Waals surface area (Å²) in [7, 11) is 0. The summed E-state index contributed by atoms with van der Waals surface area (Å²) in [4.78, 5) is 25.1. The maximum absolute atomic E-state index is 12.4. The molecule has 21 heavy (non-hydrogen) atoms. The van der Waals surface area contributed by atoms with E-state index in [1.54, 1.807) is 18.2 Å². The predicted octanol–water partition coefficient (Wildman–Crippen LogP) is 1.45. The second-order valence-corrected chi connectivity index (χ2v) is 5.75. The zero-order valence-corrected chi connectivity index (χ0v) is 12.8. The second-order valence-electron chi connectivity index (χ2n) is 4.94. The zero-order valence-electron chi connectivity index (χ0n) is 11.3. The van der Waals surface area contributed by atoms with Crippen LogP contribution >= 0.6 is 23.2 Å². The summed E-state index contributed by atoms with van der Waals surface area (Å²) in [6.07, 6.45) is 0.197. The van der Waals surface area contributed by atoms with Gasteiger partial charge in [-0.25, -0.2) is 0 Å². The lowest BCUT2D eigenvalue weighted by molar-refractivity contribution is -0.136. The van der Waals surface area contributed by atoms with Crippen LogP contribution in [0.5, 0.6) is 0 Å². The molecule has 1 fully saturated rings. The largest absolute Gasteiger partial charge is 0.395 e. The van der Waals surface area contributed by atoms with Crippen molar-refractivity contribution in [2.24, 2.45) is 5.92 Å². The lowest BCUT2D eigenvalue weighted by Gasteiger charge is -2.24. The SMILES string of the molecule is O=C1CC(C(=O)N(CCO)Cc2ccc(Cl)c(Cl)c2)CN1. The van der Waals surface area contributed by atoms with Crippen LogP contribution in [0.3, 0.4) is 0 Å². The van der Waals surface area contributed by atoms with Crippen molar-refractivity contribution in [3.05, 3.63) is 33.8 Å². The van der Waals surface area contributed by atoms with E-state index in [9.17, 15) is 9.59 Å². The molecule has 0 saturated carbocycles. The van der Waals surface area contributed by atoms with Crippen LogP contribution in [-0.4, -0.2) is 41.5 Å². The van der Waals surface area contributed by atoms with Crippen molar-refractivity contribution in [1.29, 1.82) is 0 Å². The number of carbonyl (C=O) groups excluding carboxylic acids is 2. The molecule has 1 aliphatic rings. The molecule has 2 amide bonds. The van der Waals surface area contributed by atoms with Gasteiger partial charge in [0, 0.05) is 26.1 Å². The Bertz CT molecular complexity index is 551. The first-order valence-corrected chi connectivity index (χ1v) is 7.37. The van der Waals surface area contributed by atoms with Gasteiger partial charge in [0.15, 0.2) is 0 Å². The molecule has 0 spiro atoms. The molecule has 2 rings (SSSR count). The number of nitrogens with zero attached hydrogens (tertiary/aromatic N) is 1. The van der Waals surface area contributed by atoms with Crippen LogP contribution < -0.4 is 5.32 Å². The minimum absolute atomic E-state index is 0.119. The normalized spacial score (nSPS) is 17.7. The summed E-state index contributed by atoms with van der Waals surface area (Å²) in [5, 5.41) is 12.6. The highest BCUT2D eigenvalue weighted by Gasteiger charge is 2.31. The van der Waals surface area contributed by atoms with E-state index >= 15 is 0 Å². The number of amides is 2. The average Bonchev–Trinajstić information content (AvgIpc) is 2.88. The van der Waals surface area contributed by atoms with Crippen molar-refractivity contribution in [3.63, 3.8) is 0 Å². The number of halogens is 2. The van der Waals surface area contributed by atoms with Crippen molar-refractivity contribution in [2.75, 3.05) is 19.7 Å². The molecule has 0 aliphatic carbocycles. The fraction of sp³-hybridized carbons (Fsp3) is 0.429.